The summed E-state index contributed by atoms with van der Waals surface area (Å²) < 4.78 is 0. The number of benzene rings is 1. The van der Waals surface area contributed by atoms with Crippen molar-refractivity contribution in [2.24, 2.45) is 5.92 Å². The molecule has 20 heavy (non-hydrogen) atoms. The van der Waals surface area contributed by atoms with Crippen molar-refractivity contribution in [2.45, 2.75) is 71.3 Å². The van der Waals surface area contributed by atoms with E-state index in [1.807, 2.05) is 0 Å². The molecule has 0 amide bonds. The second kappa shape index (κ2) is 7.83. The largest absolute Gasteiger partial charge is 0.310 e. The lowest BCUT2D eigenvalue weighted by Gasteiger charge is -2.28. The number of hydrogen-bond acceptors (Lipinski definition) is 1. The lowest BCUT2D eigenvalue weighted by Crippen LogP contribution is -2.24. The van der Waals surface area contributed by atoms with Gasteiger partial charge in [-0.2, -0.15) is 0 Å². The SMILES string of the molecule is CCCNC(CC(C)CC)c1cccc(C2CCC2)c1. The van der Waals surface area contributed by atoms with E-state index >= 15 is 0 Å². The zero-order valence-corrected chi connectivity index (χ0v) is 13.5. The Morgan fingerprint density at radius 1 is 1.25 bits per heavy atom. The summed E-state index contributed by atoms with van der Waals surface area (Å²) >= 11 is 0. The molecule has 0 aliphatic heterocycles. The van der Waals surface area contributed by atoms with Gasteiger partial charge in [0.1, 0.15) is 0 Å². The maximum Gasteiger partial charge on any atom is 0.0322 e. The Kier molecular flexibility index (Phi) is 6.09. The topological polar surface area (TPSA) is 12.0 Å². The van der Waals surface area contributed by atoms with Crippen LogP contribution >= 0.6 is 0 Å². The van der Waals surface area contributed by atoms with Crippen molar-refractivity contribution in [1.29, 1.82) is 0 Å². The zero-order chi connectivity index (χ0) is 14.4. The van der Waals surface area contributed by atoms with Crippen molar-refractivity contribution < 1.29 is 0 Å². The maximum absolute atomic E-state index is 3.75. The van der Waals surface area contributed by atoms with E-state index in [-0.39, 0.29) is 0 Å². The molecule has 2 unspecified atom stereocenters. The van der Waals surface area contributed by atoms with Crippen LogP contribution in [0.5, 0.6) is 0 Å². The molecule has 0 saturated heterocycles. The summed E-state index contributed by atoms with van der Waals surface area (Å²) in [6, 6.07) is 9.91. The van der Waals surface area contributed by atoms with Gasteiger partial charge in [0.15, 0.2) is 0 Å². The van der Waals surface area contributed by atoms with E-state index in [2.05, 4.69) is 50.4 Å². The van der Waals surface area contributed by atoms with Crippen molar-refractivity contribution in [3.63, 3.8) is 0 Å². The summed E-state index contributed by atoms with van der Waals surface area (Å²) in [6.45, 7) is 8.04. The second-order valence-electron chi connectivity index (χ2n) is 6.55. The number of nitrogens with one attached hydrogen (secondary N) is 1. The summed E-state index contributed by atoms with van der Waals surface area (Å²) in [5.74, 6) is 1.63. The summed E-state index contributed by atoms with van der Waals surface area (Å²) in [6.07, 6.45) is 7.93. The smallest absolute Gasteiger partial charge is 0.0322 e. The molecule has 1 aromatic carbocycles. The van der Waals surface area contributed by atoms with Gasteiger partial charge in [-0.25, -0.2) is 0 Å². The van der Waals surface area contributed by atoms with Crippen LogP contribution in [0.25, 0.3) is 0 Å². The van der Waals surface area contributed by atoms with E-state index in [0.717, 1.165) is 18.4 Å². The van der Waals surface area contributed by atoms with E-state index in [0.29, 0.717) is 6.04 Å². The number of rotatable bonds is 8. The second-order valence-corrected chi connectivity index (χ2v) is 6.55. The van der Waals surface area contributed by atoms with Crippen LogP contribution in [0.15, 0.2) is 24.3 Å². The van der Waals surface area contributed by atoms with Gasteiger partial charge >= 0.3 is 0 Å². The van der Waals surface area contributed by atoms with Crippen LogP contribution in [0.2, 0.25) is 0 Å². The number of hydrogen-bond donors (Lipinski definition) is 1. The molecule has 0 aromatic heterocycles. The van der Waals surface area contributed by atoms with Crippen molar-refractivity contribution >= 4 is 0 Å². The summed E-state index contributed by atoms with van der Waals surface area (Å²) in [5, 5.41) is 3.75. The molecule has 2 rings (SSSR count). The Labute approximate surface area is 125 Å². The van der Waals surface area contributed by atoms with Gasteiger partial charge < -0.3 is 5.32 Å². The fraction of sp³-hybridized carbons (Fsp3) is 0.684. The van der Waals surface area contributed by atoms with E-state index in [9.17, 15) is 0 Å². The molecule has 2 atom stereocenters. The normalized spacial score (nSPS) is 18.6. The minimum atomic E-state index is 0.532. The van der Waals surface area contributed by atoms with Gasteiger partial charge in [0.25, 0.3) is 0 Å². The maximum atomic E-state index is 3.75. The molecular formula is C19H31N. The first-order valence-electron chi connectivity index (χ1n) is 8.57. The molecule has 1 nitrogen and oxygen atoms in total. The first-order valence-corrected chi connectivity index (χ1v) is 8.57. The molecule has 0 spiro atoms. The van der Waals surface area contributed by atoms with Gasteiger partial charge in [-0.3, -0.25) is 0 Å². The van der Waals surface area contributed by atoms with E-state index in [4.69, 9.17) is 0 Å². The van der Waals surface area contributed by atoms with E-state index < -0.39 is 0 Å². The highest BCUT2D eigenvalue weighted by Gasteiger charge is 2.21. The molecule has 0 bridgehead atoms. The molecule has 1 N–H and O–H groups in total. The minimum absolute atomic E-state index is 0.532. The average molecular weight is 273 g/mol. The van der Waals surface area contributed by atoms with Gasteiger partial charge in [-0.1, -0.05) is 57.9 Å². The van der Waals surface area contributed by atoms with Crippen LogP contribution in [-0.4, -0.2) is 6.54 Å². The Hall–Kier alpha value is -0.820. The van der Waals surface area contributed by atoms with Gasteiger partial charge in [0, 0.05) is 6.04 Å². The monoisotopic (exact) mass is 273 g/mol. The zero-order valence-electron chi connectivity index (χ0n) is 13.5. The average Bonchev–Trinajstić information content (AvgIpc) is 2.41. The summed E-state index contributed by atoms with van der Waals surface area (Å²) in [5.41, 5.74) is 3.07. The third kappa shape index (κ3) is 4.09. The lowest BCUT2D eigenvalue weighted by atomic mass is 9.79. The molecule has 0 radical (unpaired) electrons. The van der Waals surface area contributed by atoms with E-state index in [1.54, 1.807) is 5.56 Å². The van der Waals surface area contributed by atoms with Gasteiger partial charge in [0.2, 0.25) is 0 Å². The predicted molar refractivity (Wildman–Crippen MR) is 88.1 cm³/mol. The molecule has 1 fully saturated rings. The third-order valence-corrected chi connectivity index (χ3v) is 4.87. The highest BCUT2D eigenvalue weighted by Crippen LogP contribution is 2.37. The van der Waals surface area contributed by atoms with Crippen molar-refractivity contribution in [3.8, 4) is 0 Å². The molecule has 112 valence electrons. The van der Waals surface area contributed by atoms with Crippen molar-refractivity contribution in [2.75, 3.05) is 6.54 Å². The quantitative estimate of drug-likeness (QED) is 0.666. The highest BCUT2D eigenvalue weighted by molar-refractivity contribution is 5.29. The first-order chi connectivity index (χ1) is 9.74. The highest BCUT2D eigenvalue weighted by atomic mass is 14.9. The lowest BCUT2D eigenvalue weighted by molar-refractivity contribution is 0.399. The Morgan fingerprint density at radius 3 is 2.65 bits per heavy atom. The van der Waals surface area contributed by atoms with Gasteiger partial charge in [0.05, 0.1) is 0 Å². The molecule has 1 saturated carbocycles. The van der Waals surface area contributed by atoms with Crippen LogP contribution in [0, 0.1) is 5.92 Å². The molecule has 1 heteroatoms. The Morgan fingerprint density at radius 2 is 2.05 bits per heavy atom. The van der Waals surface area contributed by atoms with Crippen molar-refractivity contribution in [3.05, 3.63) is 35.4 Å². The predicted octanol–water partition coefficient (Wildman–Crippen LogP) is 5.43. The van der Waals surface area contributed by atoms with Crippen LogP contribution < -0.4 is 5.32 Å². The standard InChI is InChI=1S/C19H31N/c1-4-12-20-19(13-15(3)5-2)18-11-7-10-17(14-18)16-8-6-9-16/h7,10-11,14-16,19-20H,4-6,8-9,12-13H2,1-3H3. The van der Waals surface area contributed by atoms with Crippen LogP contribution in [0.1, 0.15) is 82.4 Å². The Bertz CT molecular complexity index is 395. The third-order valence-electron chi connectivity index (χ3n) is 4.87. The minimum Gasteiger partial charge on any atom is -0.310 e. The van der Waals surface area contributed by atoms with E-state index in [1.165, 1.54) is 44.1 Å². The summed E-state index contributed by atoms with van der Waals surface area (Å²) in [4.78, 5) is 0. The van der Waals surface area contributed by atoms with Crippen LogP contribution in [0.4, 0.5) is 0 Å². The molecule has 0 heterocycles. The molecule has 1 aromatic rings. The van der Waals surface area contributed by atoms with Gasteiger partial charge in [-0.15, -0.1) is 0 Å². The molecular weight excluding hydrogens is 242 g/mol. The van der Waals surface area contributed by atoms with Crippen LogP contribution in [0.3, 0.4) is 0 Å². The van der Waals surface area contributed by atoms with Crippen LogP contribution in [-0.2, 0) is 0 Å². The first kappa shape index (κ1) is 15.6. The Balaban J connectivity index is 2.09. The fourth-order valence-electron chi connectivity index (χ4n) is 3.00. The molecule has 1 aliphatic carbocycles. The fourth-order valence-corrected chi connectivity index (χ4v) is 3.00. The summed E-state index contributed by atoms with van der Waals surface area (Å²) in [7, 11) is 0. The van der Waals surface area contributed by atoms with Crippen molar-refractivity contribution in [1.82, 2.24) is 5.32 Å². The molecule has 1 aliphatic rings. The van der Waals surface area contributed by atoms with Gasteiger partial charge in [-0.05, 0) is 55.2 Å².